The van der Waals surface area contributed by atoms with E-state index in [4.69, 9.17) is 0 Å². The molecule has 13 heteroatoms. The molecule has 0 unspecified atom stereocenters. The van der Waals surface area contributed by atoms with Crippen LogP contribution in [0.25, 0.3) is 22.3 Å². The zero-order valence-corrected chi connectivity index (χ0v) is 20.7. The summed E-state index contributed by atoms with van der Waals surface area (Å²) in [5.74, 6) is -3.10. The van der Waals surface area contributed by atoms with E-state index in [1.807, 2.05) is 12.1 Å². The quantitative estimate of drug-likeness (QED) is 0.193. The number of anilines is 1. The van der Waals surface area contributed by atoms with E-state index in [1.54, 1.807) is 11.1 Å². The van der Waals surface area contributed by atoms with Crippen LogP contribution in [0.5, 0.6) is 0 Å². The lowest BCUT2D eigenvalue weighted by molar-refractivity contribution is -0.147. The Morgan fingerprint density at radius 1 is 1.06 bits per heavy atom. The summed E-state index contributed by atoms with van der Waals surface area (Å²) < 4.78 is 70.1. The molecule has 7 nitrogen and oxygen atoms in total. The highest BCUT2D eigenvalue weighted by Gasteiger charge is 2.38. The third-order valence-electron chi connectivity index (χ3n) is 5.91. The van der Waals surface area contributed by atoms with Gasteiger partial charge in [-0.3, -0.25) is 14.3 Å². The van der Waals surface area contributed by atoms with Gasteiger partial charge in [0.15, 0.2) is 5.52 Å². The molecule has 0 bridgehead atoms. The molecule has 1 aliphatic rings. The highest BCUT2D eigenvalue weighted by molar-refractivity contribution is 14.1. The fourth-order valence-electron chi connectivity index (χ4n) is 4.16. The average molecular weight is 614 g/mol. The molecule has 0 atom stereocenters. The van der Waals surface area contributed by atoms with Crippen LogP contribution in [0.4, 0.5) is 27.9 Å². The number of aromatic nitrogens is 5. The first-order valence-corrected chi connectivity index (χ1v) is 11.8. The zero-order chi connectivity index (χ0) is 25.8. The molecule has 4 heterocycles. The minimum atomic E-state index is -4.95. The van der Waals surface area contributed by atoms with E-state index in [0.717, 1.165) is 34.9 Å². The Morgan fingerprint density at radius 3 is 2.47 bits per heavy atom. The van der Waals surface area contributed by atoms with Crippen molar-refractivity contribution in [3.63, 3.8) is 0 Å². The Labute approximate surface area is 214 Å². The topological polar surface area (TPSA) is 76.8 Å². The van der Waals surface area contributed by atoms with Gasteiger partial charge in [0.05, 0.1) is 0 Å². The summed E-state index contributed by atoms with van der Waals surface area (Å²) in [5, 5.41) is 0. The predicted octanol–water partition coefficient (Wildman–Crippen LogP) is 4.37. The van der Waals surface area contributed by atoms with Gasteiger partial charge in [0.1, 0.15) is 26.5 Å². The lowest BCUT2D eigenvalue weighted by Gasteiger charge is -2.39. The fraction of sp³-hybridized carbons (Fsp3) is 0.261. The molecule has 4 aromatic rings. The summed E-state index contributed by atoms with van der Waals surface area (Å²) in [6, 6.07) is 6.48. The van der Waals surface area contributed by atoms with Gasteiger partial charge >= 0.3 is 6.18 Å². The number of benzene rings is 1. The summed E-state index contributed by atoms with van der Waals surface area (Å²) in [6.45, 7) is 1.04. The maximum Gasteiger partial charge on any atom is 0.449 e. The van der Waals surface area contributed by atoms with Crippen molar-refractivity contribution in [3.8, 4) is 11.3 Å². The first-order chi connectivity index (χ1) is 17.0. The van der Waals surface area contributed by atoms with Gasteiger partial charge in [-0.25, -0.2) is 23.7 Å². The monoisotopic (exact) mass is 614 g/mol. The summed E-state index contributed by atoms with van der Waals surface area (Å²) >= 11 is 2.13. The third-order valence-corrected chi connectivity index (χ3v) is 6.50. The maximum absolute atomic E-state index is 14.7. The predicted molar refractivity (Wildman–Crippen MR) is 129 cm³/mol. The van der Waals surface area contributed by atoms with Crippen molar-refractivity contribution in [3.05, 3.63) is 73.6 Å². The number of nitrogens with zero attached hydrogens (tertiary/aromatic N) is 6. The van der Waals surface area contributed by atoms with Gasteiger partial charge in [0, 0.05) is 38.0 Å². The normalized spacial score (nSPS) is 14.4. The minimum absolute atomic E-state index is 0.0560. The second kappa shape index (κ2) is 9.01. The zero-order valence-electron chi connectivity index (χ0n) is 18.5. The Balaban J connectivity index is 1.59. The smallest absolute Gasteiger partial charge is 0.340 e. The van der Waals surface area contributed by atoms with Crippen LogP contribution >= 0.6 is 22.6 Å². The van der Waals surface area contributed by atoms with Crippen LogP contribution in [0.15, 0.2) is 41.3 Å². The molecule has 3 aromatic heterocycles. The molecule has 1 fully saturated rings. The van der Waals surface area contributed by atoms with Gasteiger partial charge in [-0.15, -0.1) is 0 Å². The third kappa shape index (κ3) is 4.51. The van der Waals surface area contributed by atoms with Crippen LogP contribution in [-0.4, -0.2) is 37.6 Å². The lowest BCUT2D eigenvalue weighted by atomic mass is 9.93. The number of halogens is 6. The minimum Gasteiger partial charge on any atom is -0.340 e. The van der Waals surface area contributed by atoms with E-state index in [-0.39, 0.29) is 28.6 Å². The molecule has 1 aromatic carbocycles. The summed E-state index contributed by atoms with van der Waals surface area (Å²) in [7, 11) is 0.938. The van der Waals surface area contributed by atoms with Crippen LogP contribution in [-0.2, 0) is 19.6 Å². The van der Waals surface area contributed by atoms with Gasteiger partial charge in [-0.1, -0.05) is 0 Å². The molecule has 0 N–H and O–H groups in total. The molecule has 1 saturated heterocycles. The SMILES string of the molecule is Cn1c(C(F)(F)F)nc2c(-c3ccc(F)cc3F)nc(N3CC(Cc4ccnc(I)c4)C3)nc2c1=O. The van der Waals surface area contributed by atoms with Gasteiger partial charge in [-0.05, 0) is 64.8 Å². The number of hydrogen-bond donors (Lipinski definition) is 0. The van der Waals surface area contributed by atoms with Crippen molar-refractivity contribution in [2.75, 3.05) is 18.0 Å². The van der Waals surface area contributed by atoms with E-state index in [2.05, 4.69) is 42.5 Å². The highest BCUT2D eigenvalue weighted by atomic mass is 127. The molecule has 0 saturated carbocycles. The maximum atomic E-state index is 14.7. The summed E-state index contributed by atoms with van der Waals surface area (Å²) in [6.07, 6.45) is -2.46. The van der Waals surface area contributed by atoms with Crippen LogP contribution < -0.4 is 10.5 Å². The molecular formula is C23H16F5IN6O. The molecule has 0 radical (unpaired) electrons. The van der Waals surface area contributed by atoms with Crippen LogP contribution in [0.1, 0.15) is 11.4 Å². The van der Waals surface area contributed by atoms with Crippen LogP contribution in [0.3, 0.4) is 0 Å². The van der Waals surface area contributed by atoms with E-state index < -0.39 is 34.7 Å². The largest absolute Gasteiger partial charge is 0.449 e. The average Bonchev–Trinajstić information content (AvgIpc) is 2.77. The second-order valence-electron chi connectivity index (χ2n) is 8.45. The van der Waals surface area contributed by atoms with Crippen molar-refractivity contribution in [2.45, 2.75) is 12.6 Å². The molecule has 0 spiro atoms. The lowest BCUT2D eigenvalue weighted by Crippen LogP contribution is -2.48. The van der Waals surface area contributed by atoms with Gasteiger partial charge < -0.3 is 4.90 Å². The van der Waals surface area contributed by atoms with Crippen molar-refractivity contribution in [2.24, 2.45) is 13.0 Å². The Kier molecular flexibility index (Phi) is 6.12. The van der Waals surface area contributed by atoms with Gasteiger partial charge in [-0.2, -0.15) is 13.2 Å². The number of rotatable bonds is 4. The van der Waals surface area contributed by atoms with Crippen molar-refractivity contribution < 1.29 is 22.0 Å². The molecule has 0 amide bonds. The number of hydrogen-bond acceptors (Lipinski definition) is 6. The van der Waals surface area contributed by atoms with E-state index in [0.29, 0.717) is 23.7 Å². The van der Waals surface area contributed by atoms with Gasteiger partial charge in [0.2, 0.25) is 11.8 Å². The first-order valence-electron chi connectivity index (χ1n) is 10.7. The van der Waals surface area contributed by atoms with Crippen molar-refractivity contribution >= 4 is 39.6 Å². The number of fused-ring (bicyclic) bond motifs is 1. The van der Waals surface area contributed by atoms with Gasteiger partial charge in [0.25, 0.3) is 5.56 Å². The summed E-state index contributed by atoms with van der Waals surface area (Å²) in [4.78, 5) is 30.9. The molecule has 186 valence electrons. The Bertz CT molecular complexity index is 1550. The standard InChI is InChI=1S/C23H16F5IN6O/c1-34-20(36)19-18(31-21(34)23(26,27)28)17(14-3-2-13(24)8-15(14)25)32-22(33-19)35-9-12(10-35)6-11-4-5-30-16(29)7-11/h2-5,7-8,12H,6,9-10H2,1H3. The van der Waals surface area contributed by atoms with E-state index in [1.165, 1.54) is 0 Å². The van der Waals surface area contributed by atoms with Crippen molar-refractivity contribution in [1.82, 2.24) is 24.5 Å². The van der Waals surface area contributed by atoms with E-state index in [9.17, 15) is 26.7 Å². The molecule has 36 heavy (non-hydrogen) atoms. The second-order valence-corrected chi connectivity index (χ2v) is 9.56. The molecule has 5 rings (SSSR count). The molecular weight excluding hydrogens is 598 g/mol. The molecule has 1 aliphatic heterocycles. The Hall–Kier alpha value is -3.23. The first kappa shape index (κ1) is 24.5. The summed E-state index contributed by atoms with van der Waals surface area (Å²) in [5.41, 5.74) is -1.46. The van der Waals surface area contributed by atoms with Crippen LogP contribution in [0.2, 0.25) is 0 Å². The number of pyridine rings is 1. The van der Waals surface area contributed by atoms with Crippen LogP contribution in [0, 0.1) is 21.3 Å². The van der Waals surface area contributed by atoms with Crippen molar-refractivity contribution in [1.29, 1.82) is 0 Å². The number of alkyl halides is 3. The fourth-order valence-corrected chi connectivity index (χ4v) is 4.72. The highest BCUT2D eigenvalue weighted by Crippen LogP contribution is 2.33. The van der Waals surface area contributed by atoms with E-state index >= 15 is 0 Å². The molecule has 0 aliphatic carbocycles. The Morgan fingerprint density at radius 2 is 1.81 bits per heavy atom.